The molecule has 2 bridgehead atoms. The number of aromatic carboxylic acids is 1. The third-order valence-electron chi connectivity index (χ3n) is 4.49. The summed E-state index contributed by atoms with van der Waals surface area (Å²) in [6, 6.07) is 3.46. The Morgan fingerprint density at radius 3 is 2.91 bits per heavy atom. The van der Waals surface area contributed by atoms with Gasteiger partial charge in [-0.1, -0.05) is 0 Å². The fourth-order valence-electron chi connectivity index (χ4n) is 3.35. The van der Waals surface area contributed by atoms with Gasteiger partial charge in [0.1, 0.15) is 10.6 Å². The first-order chi connectivity index (χ1) is 10.6. The minimum absolute atomic E-state index is 0.175. The second kappa shape index (κ2) is 5.03. The van der Waals surface area contributed by atoms with Crippen molar-refractivity contribution in [1.82, 2.24) is 15.2 Å². The number of fused-ring (bicyclic) bond motifs is 3. The van der Waals surface area contributed by atoms with Crippen LogP contribution >= 0.6 is 11.3 Å². The van der Waals surface area contributed by atoms with Gasteiger partial charge < -0.3 is 15.3 Å². The Kier molecular flexibility index (Phi) is 3.12. The van der Waals surface area contributed by atoms with Gasteiger partial charge in [0.2, 0.25) is 0 Å². The molecule has 1 amide bonds. The number of hydrogen-bond donors (Lipinski definition) is 2. The SMILES string of the molecule is O=C(NC1CN2CCC1C2)c1cc2sc(C(=O)O)cc2cn1. The van der Waals surface area contributed by atoms with E-state index in [0.717, 1.165) is 47.5 Å². The first kappa shape index (κ1) is 13.7. The highest BCUT2D eigenvalue weighted by molar-refractivity contribution is 7.20. The van der Waals surface area contributed by atoms with Gasteiger partial charge in [-0.05, 0) is 31.0 Å². The van der Waals surface area contributed by atoms with Gasteiger partial charge in [0.15, 0.2) is 0 Å². The summed E-state index contributed by atoms with van der Waals surface area (Å²) in [5, 5.41) is 12.8. The number of hydrogen-bond acceptors (Lipinski definition) is 5. The maximum atomic E-state index is 12.4. The highest BCUT2D eigenvalue weighted by Crippen LogP contribution is 2.28. The normalized spacial score (nSPS) is 26.5. The van der Waals surface area contributed by atoms with Crippen molar-refractivity contribution in [3.05, 3.63) is 28.9 Å². The lowest BCUT2D eigenvalue weighted by Gasteiger charge is -2.22. The average molecular weight is 317 g/mol. The van der Waals surface area contributed by atoms with Crippen molar-refractivity contribution in [3.8, 4) is 0 Å². The summed E-state index contributed by atoms with van der Waals surface area (Å²) in [5.41, 5.74) is 0.351. The molecular formula is C15H15N3O3S. The van der Waals surface area contributed by atoms with Gasteiger partial charge in [-0.25, -0.2) is 4.79 Å². The van der Waals surface area contributed by atoms with Crippen LogP contribution in [0.15, 0.2) is 18.3 Å². The number of carboxylic acids is 1. The number of carboxylic acid groups (broad SMARTS) is 1. The summed E-state index contributed by atoms with van der Waals surface area (Å²) < 4.78 is 0.772. The molecule has 3 unspecified atom stereocenters. The number of amides is 1. The molecule has 2 aromatic heterocycles. The highest BCUT2D eigenvalue weighted by atomic mass is 32.1. The molecule has 114 valence electrons. The summed E-state index contributed by atoms with van der Waals surface area (Å²) in [6.45, 7) is 3.12. The number of carbonyl (C=O) groups excluding carboxylic acids is 1. The molecule has 2 aliphatic rings. The van der Waals surface area contributed by atoms with Gasteiger partial charge >= 0.3 is 5.97 Å². The van der Waals surface area contributed by atoms with E-state index in [1.165, 1.54) is 0 Å². The molecule has 4 heterocycles. The molecule has 3 atom stereocenters. The number of piperidine rings is 1. The Bertz CT molecular complexity index is 772. The van der Waals surface area contributed by atoms with E-state index in [2.05, 4.69) is 15.2 Å². The molecule has 4 rings (SSSR count). The lowest BCUT2D eigenvalue weighted by molar-refractivity contribution is 0.0702. The lowest BCUT2D eigenvalue weighted by Crippen LogP contribution is -2.43. The minimum Gasteiger partial charge on any atom is -0.477 e. The number of aromatic nitrogens is 1. The maximum absolute atomic E-state index is 12.4. The second-order valence-electron chi connectivity index (χ2n) is 5.91. The van der Waals surface area contributed by atoms with Crippen LogP contribution in [0.25, 0.3) is 10.1 Å². The molecule has 0 spiro atoms. The van der Waals surface area contributed by atoms with Gasteiger partial charge in [-0.2, -0.15) is 0 Å². The van der Waals surface area contributed by atoms with Crippen molar-refractivity contribution in [2.45, 2.75) is 12.5 Å². The second-order valence-corrected chi connectivity index (χ2v) is 7.00. The molecule has 2 N–H and O–H groups in total. The van der Waals surface area contributed by atoms with E-state index < -0.39 is 5.97 Å². The van der Waals surface area contributed by atoms with Crippen LogP contribution in [-0.2, 0) is 0 Å². The molecule has 7 heteroatoms. The molecule has 0 saturated carbocycles. The van der Waals surface area contributed by atoms with Crippen molar-refractivity contribution in [1.29, 1.82) is 0 Å². The van der Waals surface area contributed by atoms with E-state index in [1.807, 2.05) is 0 Å². The van der Waals surface area contributed by atoms with Crippen LogP contribution in [0.4, 0.5) is 0 Å². The quantitative estimate of drug-likeness (QED) is 0.895. The zero-order valence-electron chi connectivity index (χ0n) is 11.8. The predicted molar refractivity (Wildman–Crippen MR) is 82.4 cm³/mol. The predicted octanol–water partition coefficient (Wildman–Crippen LogP) is 1.43. The third-order valence-corrected chi connectivity index (χ3v) is 5.58. The van der Waals surface area contributed by atoms with Gasteiger partial charge in [0, 0.05) is 35.4 Å². The minimum atomic E-state index is -0.955. The molecule has 2 aliphatic heterocycles. The molecule has 2 fully saturated rings. The van der Waals surface area contributed by atoms with Crippen molar-refractivity contribution in [2.75, 3.05) is 19.6 Å². The first-order valence-electron chi connectivity index (χ1n) is 7.26. The van der Waals surface area contributed by atoms with E-state index in [-0.39, 0.29) is 16.8 Å². The zero-order chi connectivity index (χ0) is 15.3. The van der Waals surface area contributed by atoms with Crippen molar-refractivity contribution in [2.24, 2.45) is 5.92 Å². The molecule has 2 aromatic rings. The van der Waals surface area contributed by atoms with E-state index in [0.29, 0.717) is 11.6 Å². The van der Waals surface area contributed by atoms with Crippen molar-refractivity contribution >= 4 is 33.3 Å². The van der Waals surface area contributed by atoms with Crippen LogP contribution in [0.2, 0.25) is 0 Å². The third kappa shape index (κ3) is 2.26. The Labute approximate surface area is 130 Å². The summed E-state index contributed by atoms with van der Waals surface area (Å²) in [7, 11) is 0. The van der Waals surface area contributed by atoms with Crippen LogP contribution in [0, 0.1) is 5.92 Å². The van der Waals surface area contributed by atoms with Crippen LogP contribution < -0.4 is 5.32 Å². The van der Waals surface area contributed by atoms with E-state index in [4.69, 9.17) is 5.11 Å². The molecule has 2 saturated heterocycles. The Morgan fingerprint density at radius 2 is 2.23 bits per heavy atom. The van der Waals surface area contributed by atoms with Crippen LogP contribution in [0.5, 0.6) is 0 Å². The smallest absolute Gasteiger partial charge is 0.345 e. The highest BCUT2D eigenvalue weighted by Gasteiger charge is 2.38. The fourth-order valence-corrected chi connectivity index (χ4v) is 4.26. The van der Waals surface area contributed by atoms with Crippen LogP contribution in [-0.4, -0.2) is 52.5 Å². The number of pyridine rings is 1. The number of rotatable bonds is 3. The molecule has 0 aromatic carbocycles. The Hall–Kier alpha value is -1.99. The number of nitrogens with one attached hydrogen (secondary N) is 1. The van der Waals surface area contributed by atoms with Crippen molar-refractivity contribution in [3.63, 3.8) is 0 Å². The van der Waals surface area contributed by atoms with Gasteiger partial charge in [0.05, 0.1) is 0 Å². The monoisotopic (exact) mass is 317 g/mol. The number of thiophene rings is 1. The molecular weight excluding hydrogens is 302 g/mol. The van der Waals surface area contributed by atoms with E-state index in [9.17, 15) is 9.59 Å². The summed E-state index contributed by atoms with van der Waals surface area (Å²) in [4.78, 5) is 30.2. The topological polar surface area (TPSA) is 82.5 Å². The van der Waals surface area contributed by atoms with Crippen LogP contribution in [0.3, 0.4) is 0 Å². The van der Waals surface area contributed by atoms with Crippen molar-refractivity contribution < 1.29 is 14.7 Å². The summed E-state index contributed by atoms with van der Waals surface area (Å²) >= 11 is 1.16. The van der Waals surface area contributed by atoms with Gasteiger partial charge in [0.25, 0.3) is 5.91 Å². The molecule has 0 aliphatic carbocycles. The summed E-state index contributed by atoms with van der Waals surface area (Å²) in [6.07, 6.45) is 2.71. The van der Waals surface area contributed by atoms with E-state index in [1.54, 1.807) is 18.3 Å². The Morgan fingerprint density at radius 1 is 1.36 bits per heavy atom. The zero-order valence-corrected chi connectivity index (χ0v) is 12.6. The molecule has 22 heavy (non-hydrogen) atoms. The molecule has 0 radical (unpaired) electrons. The largest absolute Gasteiger partial charge is 0.477 e. The fraction of sp³-hybridized carbons (Fsp3) is 0.400. The number of nitrogens with zero attached hydrogens (tertiary/aromatic N) is 2. The van der Waals surface area contributed by atoms with E-state index >= 15 is 0 Å². The lowest BCUT2D eigenvalue weighted by atomic mass is 10.00. The summed E-state index contributed by atoms with van der Waals surface area (Å²) in [5.74, 6) is -0.581. The molecule has 6 nitrogen and oxygen atoms in total. The maximum Gasteiger partial charge on any atom is 0.345 e. The van der Waals surface area contributed by atoms with Crippen LogP contribution in [0.1, 0.15) is 26.6 Å². The standard InChI is InChI=1S/C15H15N3O3S/c19-14(17-11-7-18-2-1-8(11)6-18)10-4-12-9(5-16-10)3-13(22-12)15(20)21/h3-5,8,11H,1-2,6-7H2,(H,17,19)(H,20,21). The van der Waals surface area contributed by atoms with Gasteiger partial charge in [-0.15, -0.1) is 11.3 Å². The van der Waals surface area contributed by atoms with Gasteiger partial charge in [-0.3, -0.25) is 9.78 Å². The Balaban J connectivity index is 1.55. The first-order valence-corrected chi connectivity index (χ1v) is 8.08. The average Bonchev–Trinajstić information content (AvgIpc) is 3.20. The number of carbonyl (C=O) groups is 2.